The van der Waals surface area contributed by atoms with Gasteiger partial charge in [0.1, 0.15) is 12.7 Å². The van der Waals surface area contributed by atoms with Gasteiger partial charge in [0.05, 0.1) is 17.4 Å². The van der Waals surface area contributed by atoms with Gasteiger partial charge in [-0.25, -0.2) is 14.6 Å². The number of rotatable bonds is 4. The molecule has 0 spiro atoms. The van der Waals surface area contributed by atoms with Crippen LogP contribution in [0.3, 0.4) is 0 Å². The van der Waals surface area contributed by atoms with E-state index in [1.165, 1.54) is 6.33 Å². The van der Waals surface area contributed by atoms with Gasteiger partial charge in [-0.3, -0.25) is 4.79 Å². The van der Waals surface area contributed by atoms with Gasteiger partial charge in [-0.15, -0.1) is 0 Å². The number of amides is 1. The molecule has 1 unspecified atom stereocenters. The van der Waals surface area contributed by atoms with Gasteiger partial charge in [0, 0.05) is 0 Å². The molecule has 1 aliphatic carbocycles. The number of nitrogens with two attached hydrogens (primary N) is 1. The highest BCUT2D eigenvalue weighted by Crippen LogP contribution is 2.38. The normalized spacial score (nSPS) is 17.5. The number of carbonyl (C=O) groups excluding carboxylic acids is 1. The molecule has 0 bridgehead atoms. The summed E-state index contributed by atoms with van der Waals surface area (Å²) in [4.78, 5) is 20.2. The van der Waals surface area contributed by atoms with Crippen molar-refractivity contribution in [3.63, 3.8) is 0 Å². The maximum Gasteiger partial charge on any atom is 0.244 e. The molecule has 2 aromatic rings. The fraction of sp³-hybridized carbons (Fsp3) is 0.385. The molecule has 1 amide bonds. The first kappa shape index (κ1) is 12.7. The van der Waals surface area contributed by atoms with E-state index in [0.717, 1.165) is 12.8 Å². The highest BCUT2D eigenvalue weighted by Gasteiger charge is 2.44. The molecule has 0 aromatic carbocycles. The van der Waals surface area contributed by atoms with Crippen molar-refractivity contribution in [2.75, 3.05) is 5.32 Å². The maximum atomic E-state index is 12.1. The average molecular weight is 272 g/mol. The molecule has 2 heterocycles. The lowest BCUT2D eigenvalue weighted by molar-refractivity contribution is -0.121. The number of pyridine rings is 1. The van der Waals surface area contributed by atoms with Crippen LogP contribution in [-0.2, 0) is 4.79 Å². The van der Waals surface area contributed by atoms with E-state index < -0.39 is 5.54 Å². The van der Waals surface area contributed by atoms with Crippen molar-refractivity contribution >= 4 is 11.6 Å². The van der Waals surface area contributed by atoms with Gasteiger partial charge in [-0.2, -0.15) is 5.10 Å². The Balaban J connectivity index is 1.71. The molecule has 0 aliphatic heterocycles. The molecule has 1 aliphatic rings. The summed E-state index contributed by atoms with van der Waals surface area (Å²) in [6.07, 6.45) is 6.61. The number of nitrogens with one attached hydrogen (secondary N) is 1. The van der Waals surface area contributed by atoms with Crippen molar-refractivity contribution in [1.29, 1.82) is 0 Å². The number of hydrogen-bond acceptors (Lipinski definition) is 5. The Morgan fingerprint density at radius 3 is 2.85 bits per heavy atom. The van der Waals surface area contributed by atoms with Gasteiger partial charge in [0.25, 0.3) is 0 Å². The Hall–Kier alpha value is -2.28. The molecule has 3 rings (SSSR count). The van der Waals surface area contributed by atoms with Crippen LogP contribution in [0.2, 0.25) is 0 Å². The van der Waals surface area contributed by atoms with E-state index in [9.17, 15) is 4.79 Å². The first-order valence-corrected chi connectivity index (χ1v) is 6.49. The quantitative estimate of drug-likeness (QED) is 0.854. The molecule has 1 atom stereocenters. The second-order valence-corrected chi connectivity index (χ2v) is 5.26. The number of carbonyl (C=O) groups is 1. The standard InChI is InChI=1S/C13H16N6O/c1-13(14,9-2-3-9)12(20)18-10-4-5-11(16-6-10)19-8-15-7-17-19/h4-9H,2-3,14H2,1H3,(H,18,20). The maximum absolute atomic E-state index is 12.1. The van der Waals surface area contributed by atoms with Gasteiger partial charge in [-0.1, -0.05) is 0 Å². The summed E-state index contributed by atoms with van der Waals surface area (Å²) in [5.41, 5.74) is 5.87. The van der Waals surface area contributed by atoms with Crippen molar-refractivity contribution in [2.45, 2.75) is 25.3 Å². The summed E-state index contributed by atoms with van der Waals surface area (Å²) >= 11 is 0. The van der Waals surface area contributed by atoms with Crippen molar-refractivity contribution in [3.8, 4) is 5.82 Å². The molecular weight excluding hydrogens is 256 g/mol. The van der Waals surface area contributed by atoms with E-state index in [1.807, 2.05) is 0 Å². The first-order chi connectivity index (χ1) is 9.57. The molecule has 1 saturated carbocycles. The summed E-state index contributed by atoms with van der Waals surface area (Å²) in [6.45, 7) is 1.78. The fourth-order valence-corrected chi connectivity index (χ4v) is 2.06. The molecule has 3 N–H and O–H groups in total. The van der Waals surface area contributed by atoms with Crippen LogP contribution in [0.4, 0.5) is 5.69 Å². The average Bonchev–Trinajstić information content (AvgIpc) is 3.17. The third kappa shape index (κ3) is 2.39. The van der Waals surface area contributed by atoms with Crippen molar-refractivity contribution in [3.05, 3.63) is 31.0 Å². The molecule has 104 valence electrons. The Bertz CT molecular complexity index is 600. The van der Waals surface area contributed by atoms with Crippen LogP contribution in [0.1, 0.15) is 19.8 Å². The van der Waals surface area contributed by atoms with Gasteiger partial charge >= 0.3 is 0 Å². The van der Waals surface area contributed by atoms with Crippen LogP contribution < -0.4 is 11.1 Å². The smallest absolute Gasteiger partial charge is 0.244 e. The highest BCUT2D eigenvalue weighted by molar-refractivity contribution is 5.98. The molecular formula is C13H16N6O. The summed E-state index contributed by atoms with van der Waals surface area (Å²) in [5.74, 6) is 0.749. The summed E-state index contributed by atoms with van der Waals surface area (Å²) in [6, 6.07) is 3.53. The minimum atomic E-state index is -0.815. The monoisotopic (exact) mass is 272 g/mol. The number of nitrogens with zero attached hydrogens (tertiary/aromatic N) is 4. The molecule has 0 radical (unpaired) electrons. The fourth-order valence-electron chi connectivity index (χ4n) is 2.06. The Morgan fingerprint density at radius 1 is 1.50 bits per heavy atom. The Morgan fingerprint density at radius 2 is 2.30 bits per heavy atom. The number of aromatic nitrogens is 4. The van der Waals surface area contributed by atoms with Crippen molar-refractivity contribution < 1.29 is 4.79 Å². The van der Waals surface area contributed by atoms with Crippen LogP contribution in [-0.4, -0.2) is 31.2 Å². The summed E-state index contributed by atoms with van der Waals surface area (Å²) in [7, 11) is 0. The van der Waals surface area contributed by atoms with E-state index in [2.05, 4.69) is 20.4 Å². The van der Waals surface area contributed by atoms with Crippen LogP contribution in [0.15, 0.2) is 31.0 Å². The lowest BCUT2D eigenvalue weighted by atomic mass is 9.96. The minimum absolute atomic E-state index is 0.171. The highest BCUT2D eigenvalue weighted by atomic mass is 16.2. The topological polar surface area (TPSA) is 98.7 Å². The van der Waals surface area contributed by atoms with Crippen molar-refractivity contribution in [1.82, 2.24) is 19.7 Å². The second-order valence-electron chi connectivity index (χ2n) is 5.26. The van der Waals surface area contributed by atoms with E-state index in [-0.39, 0.29) is 11.8 Å². The van der Waals surface area contributed by atoms with E-state index in [0.29, 0.717) is 11.5 Å². The van der Waals surface area contributed by atoms with Crippen LogP contribution in [0.5, 0.6) is 0 Å². The Kier molecular flexibility index (Phi) is 2.98. The van der Waals surface area contributed by atoms with E-state index >= 15 is 0 Å². The Labute approximate surface area is 116 Å². The van der Waals surface area contributed by atoms with Gasteiger partial charge in [-0.05, 0) is 37.8 Å². The zero-order valence-corrected chi connectivity index (χ0v) is 11.2. The van der Waals surface area contributed by atoms with E-state index in [4.69, 9.17) is 5.73 Å². The third-order valence-corrected chi connectivity index (χ3v) is 3.57. The predicted octanol–water partition coefficient (Wildman–Crippen LogP) is 0.728. The molecule has 1 fully saturated rings. The number of hydrogen-bond donors (Lipinski definition) is 2. The lowest BCUT2D eigenvalue weighted by Crippen LogP contribution is -2.50. The van der Waals surface area contributed by atoms with Crippen LogP contribution in [0.25, 0.3) is 5.82 Å². The second kappa shape index (κ2) is 4.68. The van der Waals surface area contributed by atoms with Crippen LogP contribution >= 0.6 is 0 Å². The first-order valence-electron chi connectivity index (χ1n) is 6.49. The van der Waals surface area contributed by atoms with Gasteiger partial charge in [0.2, 0.25) is 5.91 Å². The molecule has 0 saturated heterocycles. The summed E-state index contributed by atoms with van der Waals surface area (Å²) in [5, 5.41) is 6.79. The summed E-state index contributed by atoms with van der Waals surface area (Å²) < 4.78 is 1.54. The predicted molar refractivity (Wildman–Crippen MR) is 73.1 cm³/mol. The zero-order chi connectivity index (χ0) is 14.2. The largest absolute Gasteiger partial charge is 0.323 e. The number of anilines is 1. The van der Waals surface area contributed by atoms with Crippen LogP contribution in [0, 0.1) is 5.92 Å². The third-order valence-electron chi connectivity index (χ3n) is 3.57. The molecule has 7 nitrogen and oxygen atoms in total. The van der Waals surface area contributed by atoms with Crippen molar-refractivity contribution in [2.24, 2.45) is 11.7 Å². The molecule has 7 heteroatoms. The molecule has 20 heavy (non-hydrogen) atoms. The molecule has 2 aromatic heterocycles. The minimum Gasteiger partial charge on any atom is -0.323 e. The zero-order valence-electron chi connectivity index (χ0n) is 11.2. The van der Waals surface area contributed by atoms with Gasteiger partial charge < -0.3 is 11.1 Å². The SMILES string of the molecule is CC(N)(C(=O)Nc1ccc(-n2cncn2)nc1)C1CC1. The van der Waals surface area contributed by atoms with Gasteiger partial charge in [0.15, 0.2) is 5.82 Å². The lowest BCUT2D eigenvalue weighted by Gasteiger charge is -2.23. The van der Waals surface area contributed by atoms with E-state index in [1.54, 1.807) is 36.3 Å².